The molecule has 3 heterocycles. The highest BCUT2D eigenvalue weighted by Crippen LogP contribution is 2.40. The first kappa shape index (κ1) is 19.1. The van der Waals surface area contributed by atoms with Crippen LogP contribution in [-0.4, -0.2) is 22.7 Å². The molecule has 1 amide bonds. The van der Waals surface area contributed by atoms with E-state index in [9.17, 15) is 4.79 Å². The second-order valence-corrected chi connectivity index (χ2v) is 8.40. The third-order valence-corrected chi connectivity index (χ3v) is 6.16. The van der Waals surface area contributed by atoms with Crippen LogP contribution in [0.4, 0.5) is 5.13 Å². The van der Waals surface area contributed by atoms with E-state index in [0.29, 0.717) is 27.2 Å². The van der Waals surface area contributed by atoms with Gasteiger partial charge in [-0.2, -0.15) is 0 Å². The maximum atomic E-state index is 13.5. The summed E-state index contributed by atoms with van der Waals surface area (Å²) in [6.45, 7) is 0.484. The smallest absolute Gasteiger partial charge is 0.261 e. The van der Waals surface area contributed by atoms with Gasteiger partial charge in [-0.3, -0.25) is 14.7 Å². The van der Waals surface area contributed by atoms with Crippen molar-refractivity contribution in [2.75, 3.05) is 11.7 Å². The van der Waals surface area contributed by atoms with E-state index in [4.69, 9.17) is 32.7 Å². The van der Waals surface area contributed by atoms with Crippen LogP contribution in [0.3, 0.4) is 0 Å². The Morgan fingerprint density at radius 2 is 1.97 bits per heavy atom. The first-order valence-corrected chi connectivity index (χ1v) is 10.5. The number of thiazole rings is 1. The summed E-state index contributed by atoms with van der Waals surface area (Å²) in [4.78, 5) is 23.9. The van der Waals surface area contributed by atoms with E-state index in [1.165, 1.54) is 11.3 Å². The highest BCUT2D eigenvalue weighted by atomic mass is 35.5. The number of fused-ring (bicyclic) bond motifs is 2. The number of nitrogens with zero attached hydrogens (tertiary/aromatic N) is 3. The summed E-state index contributed by atoms with van der Waals surface area (Å²) in [5.74, 6) is 1.04. The summed E-state index contributed by atoms with van der Waals surface area (Å²) in [6, 6.07) is 12.2. The fourth-order valence-electron chi connectivity index (χ4n) is 3.13. The van der Waals surface area contributed by atoms with Crippen LogP contribution in [0.1, 0.15) is 15.9 Å². The van der Waals surface area contributed by atoms with Crippen molar-refractivity contribution < 1.29 is 14.3 Å². The summed E-state index contributed by atoms with van der Waals surface area (Å²) in [7, 11) is 0. The first-order chi connectivity index (χ1) is 14.6. The molecule has 0 aliphatic carbocycles. The molecule has 0 spiro atoms. The zero-order valence-corrected chi connectivity index (χ0v) is 17.7. The van der Waals surface area contributed by atoms with E-state index in [-0.39, 0.29) is 24.3 Å². The minimum absolute atomic E-state index is 0.195. The Balaban J connectivity index is 1.58. The van der Waals surface area contributed by atoms with Crippen molar-refractivity contribution in [1.29, 1.82) is 0 Å². The minimum Gasteiger partial charge on any atom is -0.454 e. The Hall–Kier alpha value is -2.87. The van der Waals surface area contributed by atoms with Gasteiger partial charge in [0.25, 0.3) is 5.91 Å². The van der Waals surface area contributed by atoms with Gasteiger partial charge in [-0.1, -0.05) is 40.6 Å². The number of carbonyl (C=O) groups is 1. The minimum atomic E-state index is -0.278. The number of pyridine rings is 1. The fraction of sp³-hybridized carbons (Fsp3) is 0.0952. The van der Waals surface area contributed by atoms with Gasteiger partial charge in [0.15, 0.2) is 16.6 Å². The summed E-state index contributed by atoms with van der Waals surface area (Å²) in [6.07, 6.45) is 3.40. The van der Waals surface area contributed by atoms with Crippen molar-refractivity contribution in [3.05, 3.63) is 76.0 Å². The van der Waals surface area contributed by atoms with Gasteiger partial charge < -0.3 is 9.47 Å². The molecule has 9 heteroatoms. The van der Waals surface area contributed by atoms with Crippen LogP contribution in [0.2, 0.25) is 10.0 Å². The van der Waals surface area contributed by atoms with Gasteiger partial charge in [0.1, 0.15) is 0 Å². The van der Waals surface area contributed by atoms with Gasteiger partial charge in [0.05, 0.1) is 27.3 Å². The third-order valence-electron chi connectivity index (χ3n) is 4.57. The summed E-state index contributed by atoms with van der Waals surface area (Å²) >= 11 is 13.7. The SMILES string of the molecule is O=C(c1ccc(Cl)cc1Cl)N(Cc1cccnc1)c1nc2cc3c(cc2s1)OCO3. The van der Waals surface area contributed by atoms with E-state index in [2.05, 4.69) is 9.97 Å². The molecule has 0 saturated heterocycles. The molecule has 6 nitrogen and oxygen atoms in total. The molecule has 150 valence electrons. The average Bonchev–Trinajstić information content (AvgIpc) is 3.36. The molecule has 2 aromatic heterocycles. The molecule has 1 aliphatic heterocycles. The largest absolute Gasteiger partial charge is 0.454 e. The summed E-state index contributed by atoms with van der Waals surface area (Å²) in [5, 5.41) is 1.28. The van der Waals surface area contributed by atoms with Crippen LogP contribution in [0.5, 0.6) is 11.5 Å². The van der Waals surface area contributed by atoms with Crippen molar-refractivity contribution in [3.8, 4) is 11.5 Å². The van der Waals surface area contributed by atoms with Crippen LogP contribution in [0.15, 0.2) is 54.9 Å². The predicted molar refractivity (Wildman–Crippen MR) is 117 cm³/mol. The standard InChI is InChI=1S/C21H13Cl2N3O3S/c22-13-3-4-14(15(23)6-13)20(27)26(10-12-2-1-5-24-9-12)21-25-16-7-17-18(29-11-28-17)8-19(16)30-21/h1-9H,10-11H2. The third kappa shape index (κ3) is 3.56. The van der Waals surface area contributed by atoms with Gasteiger partial charge in [-0.05, 0) is 29.8 Å². The predicted octanol–water partition coefficient (Wildman–Crippen LogP) is 5.57. The number of hydrogen-bond donors (Lipinski definition) is 0. The van der Waals surface area contributed by atoms with Crippen molar-refractivity contribution in [3.63, 3.8) is 0 Å². The van der Waals surface area contributed by atoms with E-state index in [0.717, 1.165) is 15.8 Å². The number of anilines is 1. The maximum absolute atomic E-state index is 13.5. The molecule has 0 unspecified atom stereocenters. The lowest BCUT2D eigenvalue weighted by Crippen LogP contribution is -2.30. The second-order valence-electron chi connectivity index (χ2n) is 6.55. The number of halogens is 2. The van der Waals surface area contributed by atoms with Crippen LogP contribution in [0.25, 0.3) is 10.2 Å². The Morgan fingerprint density at radius 3 is 2.73 bits per heavy atom. The molecular weight excluding hydrogens is 445 g/mol. The van der Waals surface area contributed by atoms with E-state index in [1.54, 1.807) is 35.5 Å². The lowest BCUT2D eigenvalue weighted by Gasteiger charge is -2.20. The lowest BCUT2D eigenvalue weighted by atomic mass is 10.2. The van der Waals surface area contributed by atoms with Crippen LogP contribution < -0.4 is 14.4 Å². The molecule has 0 N–H and O–H groups in total. The highest BCUT2D eigenvalue weighted by Gasteiger charge is 2.25. The van der Waals surface area contributed by atoms with E-state index < -0.39 is 0 Å². The van der Waals surface area contributed by atoms with Gasteiger partial charge in [0.2, 0.25) is 6.79 Å². The second kappa shape index (κ2) is 7.75. The molecule has 2 aromatic carbocycles. The molecule has 5 rings (SSSR count). The topological polar surface area (TPSA) is 64.6 Å². The van der Waals surface area contributed by atoms with Gasteiger partial charge in [-0.15, -0.1) is 0 Å². The quantitative estimate of drug-likeness (QED) is 0.400. The van der Waals surface area contributed by atoms with Gasteiger partial charge in [0, 0.05) is 29.5 Å². The molecular formula is C21H13Cl2N3O3S. The summed E-state index contributed by atoms with van der Waals surface area (Å²) in [5.41, 5.74) is 1.94. The number of hydrogen-bond acceptors (Lipinski definition) is 6. The summed E-state index contributed by atoms with van der Waals surface area (Å²) < 4.78 is 11.8. The van der Waals surface area contributed by atoms with Crippen molar-refractivity contribution in [1.82, 2.24) is 9.97 Å². The van der Waals surface area contributed by atoms with Gasteiger partial charge >= 0.3 is 0 Å². The average molecular weight is 458 g/mol. The monoisotopic (exact) mass is 457 g/mol. The molecule has 0 saturated carbocycles. The van der Waals surface area contributed by atoms with Crippen LogP contribution in [-0.2, 0) is 6.54 Å². The zero-order chi connectivity index (χ0) is 20.7. The lowest BCUT2D eigenvalue weighted by molar-refractivity contribution is 0.0985. The van der Waals surface area contributed by atoms with Crippen LogP contribution in [0, 0.1) is 0 Å². The van der Waals surface area contributed by atoms with Crippen LogP contribution >= 0.6 is 34.5 Å². The number of benzene rings is 2. The number of amides is 1. The first-order valence-electron chi connectivity index (χ1n) is 8.94. The Bertz CT molecular complexity index is 1220. The van der Waals surface area contributed by atoms with Crippen molar-refractivity contribution >= 4 is 55.8 Å². The van der Waals surface area contributed by atoms with Crippen molar-refractivity contribution in [2.24, 2.45) is 0 Å². The Morgan fingerprint density at radius 1 is 1.13 bits per heavy atom. The number of carbonyl (C=O) groups excluding carboxylic acids is 1. The molecule has 0 radical (unpaired) electrons. The Labute approximate surface area is 185 Å². The fourth-order valence-corrected chi connectivity index (χ4v) is 4.59. The normalized spacial score (nSPS) is 12.3. The maximum Gasteiger partial charge on any atom is 0.261 e. The number of rotatable bonds is 4. The van der Waals surface area contributed by atoms with Gasteiger partial charge in [-0.25, -0.2) is 4.98 Å². The highest BCUT2D eigenvalue weighted by molar-refractivity contribution is 7.22. The Kier molecular flexibility index (Phi) is 4.94. The molecule has 1 aliphatic rings. The molecule has 0 bridgehead atoms. The van der Waals surface area contributed by atoms with E-state index >= 15 is 0 Å². The number of ether oxygens (including phenoxy) is 2. The van der Waals surface area contributed by atoms with E-state index in [1.807, 2.05) is 24.3 Å². The zero-order valence-electron chi connectivity index (χ0n) is 15.3. The molecule has 4 aromatic rings. The molecule has 30 heavy (non-hydrogen) atoms. The molecule has 0 atom stereocenters. The number of aromatic nitrogens is 2. The van der Waals surface area contributed by atoms with Crippen molar-refractivity contribution in [2.45, 2.75) is 6.54 Å². The molecule has 0 fully saturated rings.